The smallest absolute Gasteiger partial charge is 0.319 e. The van der Waals surface area contributed by atoms with Crippen LogP contribution in [0.25, 0.3) is 0 Å². The number of hydrogen-bond donors (Lipinski definition) is 3. The molecule has 2 amide bonds. The summed E-state index contributed by atoms with van der Waals surface area (Å²) in [5, 5.41) is 24.3. The molecule has 0 radical (unpaired) electrons. The van der Waals surface area contributed by atoms with Crippen molar-refractivity contribution in [3.05, 3.63) is 33.4 Å². The largest absolute Gasteiger partial charge is 0.395 e. The fraction of sp³-hybridized carbons (Fsp3) is 0.364. The van der Waals surface area contributed by atoms with Crippen LogP contribution >= 0.6 is 0 Å². The monoisotopic (exact) mass is 253 g/mol. The molecule has 1 aromatic rings. The van der Waals surface area contributed by atoms with Crippen LogP contribution in [-0.4, -0.2) is 29.2 Å². The molecule has 0 spiro atoms. The number of aliphatic hydroxyl groups is 1. The van der Waals surface area contributed by atoms with Crippen molar-refractivity contribution in [1.29, 1.82) is 0 Å². The van der Waals surface area contributed by atoms with Crippen molar-refractivity contribution in [2.45, 2.75) is 13.8 Å². The molecular weight excluding hydrogens is 238 g/mol. The number of benzene rings is 1. The molecule has 0 heterocycles. The summed E-state index contributed by atoms with van der Waals surface area (Å²) in [6, 6.07) is 2.48. The van der Waals surface area contributed by atoms with Crippen molar-refractivity contribution in [3.8, 4) is 0 Å². The van der Waals surface area contributed by atoms with E-state index >= 15 is 0 Å². The Morgan fingerprint density at radius 1 is 1.44 bits per heavy atom. The van der Waals surface area contributed by atoms with E-state index in [1.807, 2.05) is 0 Å². The Balaban J connectivity index is 2.97. The van der Waals surface area contributed by atoms with Crippen molar-refractivity contribution in [3.63, 3.8) is 0 Å². The van der Waals surface area contributed by atoms with Crippen LogP contribution < -0.4 is 10.6 Å². The first-order chi connectivity index (χ1) is 8.47. The first kappa shape index (κ1) is 13.9. The molecule has 0 aliphatic heterocycles. The number of nitrogens with zero attached hydrogens (tertiary/aromatic N) is 1. The summed E-state index contributed by atoms with van der Waals surface area (Å²) >= 11 is 0. The Labute approximate surface area is 104 Å². The standard InChI is InChI=1S/C11H15N3O4/c1-7-3-4-9(14(17)18)8(2)10(7)13-11(16)12-5-6-15/h3-4,15H,5-6H2,1-2H3,(H2,12,13,16). The zero-order valence-corrected chi connectivity index (χ0v) is 10.2. The van der Waals surface area contributed by atoms with Gasteiger partial charge in [0.1, 0.15) is 0 Å². The van der Waals surface area contributed by atoms with Crippen LogP contribution in [0.4, 0.5) is 16.2 Å². The van der Waals surface area contributed by atoms with Gasteiger partial charge in [0.2, 0.25) is 0 Å². The molecule has 0 fully saturated rings. The number of aliphatic hydroxyl groups excluding tert-OH is 1. The minimum absolute atomic E-state index is 0.0435. The van der Waals surface area contributed by atoms with E-state index in [1.165, 1.54) is 6.07 Å². The Hall–Kier alpha value is -2.15. The Bertz CT molecular complexity index is 474. The highest BCUT2D eigenvalue weighted by Gasteiger charge is 2.16. The van der Waals surface area contributed by atoms with Gasteiger partial charge in [-0.05, 0) is 19.4 Å². The number of anilines is 1. The van der Waals surface area contributed by atoms with Crippen LogP contribution in [0.15, 0.2) is 12.1 Å². The lowest BCUT2D eigenvalue weighted by atomic mass is 10.1. The fourth-order valence-corrected chi connectivity index (χ4v) is 1.55. The van der Waals surface area contributed by atoms with Crippen molar-refractivity contribution in [2.75, 3.05) is 18.5 Å². The van der Waals surface area contributed by atoms with Crippen LogP contribution in [0.3, 0.4) is 0 Å². The molecule has 0 saturated heterocycles. The summed E-state index contributed by atoms with van der Waals surface area (Å²) in [7, 11) is 0. The number of nitrogens with one attached hydrogen (secondary N) is 2. The molecule has 98 valence electrons. The van der Waals surface area contributed by atoms with Gasteiger partial charge in [-0.2, -0.15) is 0 Å². The van der Waals surface area contributed by atoms with Gasteiger partial charge in [0.05, 0.1) is 22.8 Å². The SMILES string of the molecule is Cc1ccc([N+](=O)[O-])c(C)c1NC(=O)NCCO. The lowest BCUT2D eigenvalue weighted by molar-refractivity contribution is -0.385. The molecule has 0 atom stereocenters. The lowest BCUT2D eigenvalue weighted by Gasteiger charge is -2.12. The average molecular weight is 253 g/mol. The van der Waals surface area contributed by atoms with Crippen molar-refractivity contribution in [2.24, 2.45) is 0 Å². The minimum Gasteiger partial charge on any atom is -0.395 e. The molecule has 1 aromatic carbocycles. The molecule has 0 aliphatic rings. The normalized spacial score (nSPS) is 9.94. The number of urea groups is 1. The Morgan fingerprint density at radius 3 is 2.67 bits per heavy atom. The van der Waals surface area contributed by atoms with Gasteiger partial charge in [0, 0.05) is 12.6 Å². The Kier molecular flexibility index (Phi) is 4.61. The number of amides is 2. The number of aryl methyl sites for hydroxylation is 1. The molecule has 7 nitrogen and oxygen atoms in total. The molecule has 7 heteroatoms. The predicted molar refractivity (Wildman–Crippen MR) is 66.7 cm³/mol. The highest BCUT2D eigenvalue weighted by molar-refractivity contribution is 5.91. The number of nitro groups is 1. The molecule has 3 N–H and O–H groups in total. The quantitative estimate of drug-likeness (QED) is 0.556. The number of rotatable bonds is 4. The van der Waals surface area contributed by atoms with Crippen LogP contribution in [0.5, 0.6) is 0 Å². The fourth-order valence-electron chi connectivity index (χ4n) is 1.55. The first-order valence-corrected chi connectivity index (χ1v) is 5.37. The Morgan fingerprint density at radius 2 is 2.11 bits per heavy atom. The third kappa shape index (κ3) is 3.17. The molecule has 1 rings (SSSR count). The average Bonchev–Trinajstić information content (AvgIpc) is 2.31. The summed E-state index contributed by atoms with van der Waals surface area (Å²) < 4.78 is 0. The lowest BCUT2D eigenvalue weighted by Crippen LogP contribution is -2.31. The number of nitro benzene ring substituents is 1. The van der Waals surface area contributed by atoms with Crippen molar-refractivity contribution in [1.82, 2.24) is 5.32 Å². The van der Waals surface area contributed by atoms with Gasteiger partial charge in [0.25, 0.3) is 5.69 Å². The van der Waals surface area contributed by atoms with Gasteiger partial charge in [0.15, 0.2) is 0 Å². The number of carbonyl (C=O) groups excluding carboxylic acids is 1. The van der Waals surface area contributed by atoms with E-state index < -0.39 is 11.0 Å². The molecule has 0 saturated carbocycles. The summed E-state index contributed by atoms with van der Waals surface area (Å²) in [5.74, 6) is 0. The van der Waals surface area contributed by atoms with E-state index in [-0.39, 0.29) is 18.8 Å². The van der Waals surface area contributed by atoms with E-state index in [9.17, 15) is 14.9 Å². The van der Waals surface area contributed by atoms with Gasteiger partial charge in [-0.25, -0.2) is 4.79 Å². The van der Waals surface area contributed by atoms with Crippen LogP contribution in [0.1, 0.15) is 11.1 Å². The van der Waals surface area contributed by atoms with Gasteiger partial charge in [-0.3, -0.25) is 10.1 Å². The maximum atomic E-state index is 11.5. The number of carbonyl (C=O) groups is 1. The second kappa shape index (κ2) is 5.97. The molecule has 0 aromatic heterocycles. The van der Waals surface area contributed by atoms with Gasteiger partial charge in [-0.15, -0.1) is 0 Å². The molecule has 18 heavy (non-hydrogen) atoms. The first-order valence-electron chi connectivity index (χ1n) is 5.37. The highest BCUT2D eigenvalue weighted by Crippen LogP contribution is 2.28. The summed E-state index contributed by atoms with van der Waals surface area (Å²) in [5.41, 5.74) is 1.51. The maximum Gasteiger partial charge on any atom is 0.319 e. The number of hydrogen-bond acceptors (Lipinski definition) is 4. The maximum absolute atomic E-state index is 11.5. The topological polar surface area (TPSA) is 105 Å². The predicted octanol–water partition coefficient (Wildman–Crippen LogP) is 1.33. The zero-order chi connectivity index (χ0) is 13.7. The molecule has 0 unspecified atom stereocenters. The zero-order valence-electron chi connectivity index (χ0n) is 10.2. The van der Waals surface area contributed by atoms with E-state index in [1.54, 1.807) is 19.9 Å². The summed E-state index contributed by atoms with van der Waals surface area (Å²) in [4.78, 5) is 21.7. The minimum atomic E-state index is -0.504. The summed E-state index contributed by atoms with van der Waals surface area (Å²) in [6.07, 6.45) is 0. The molecular formula is C11H15N3O4. The summed E-state index contributed by atoms with van der Waals surface area (Å²) in [6.45, 7) is 3.28. The molecule has 0 aliphatic carbocycles. The third-order valence-corrected chi connectivity index (χ3v) is 2.48. The second-order valence-electron chi connectivity index (χ2n) is 3.76. The van der Waals surface area contributed by atoms with Crippen LogP contribution in [-0.2, 0) is 0 Å². The van der Waals surface area contributed by atoms with Gasteiger partial charge >= 0.3 is 6.03 Å². The van der Waals surface area contributed by atoms with Crippen molar-refractivity contribution >= 4 is 17.4 Å². The molecule has 0 bridgehead atoms. The van der Waals surface area contributed by atoms with E-state index in [0.29, 0.717) is 11.3 Å². The van der Waals surface area contributed by atoms with Crippen molar-refractivity contribution < 1.29 is 14.8 Å². The van der Waals surface area contributed by atoms with Crippen LogP contribution in [0, 0.1) is 24.0 Å². The third-order valence-electron chi connectivity index (χ3n) is 2.48. The van der Waals surface area contributed by atoms with Gasteiger partial charge < -0.3 is 15.7 Å². The second-order valence-corrected chi connectivity index (χ2v) is 3.76. The van der Waals surface area contributed by atoms with Crippen LogP contribution in [0.2, 0.25) is 0 Å². The van der Waals surface area contributed by atoms with Gasteiger partial charge in [-0.1, -0.05) is 6.07 Å². The van der Waals surface area contributed by atoms with E-state index in [2.05, 4.69) is 10.6 Å². The van der Waals surface area contributed by atoms with E-state index in [0.717, 1.165) is 5.56 Å². The highest BCUT2D eigenvalue weighted by atomic mass is 16.6. The van der Waals surface area contributed by atoms with E-state index in [4.69, 9.17) is 5.11 Å².